The number of benzene rings is 1. The number of hydrogen-bond donors (Lipinski definition) is 2. The van der Waals surface area contributed by atoms with E-state index in [-0.39, 0.29) is 5.91 Å². The van der Waals surface area contributed by atoms with E-state index in [1.807, 2.05) is 11.9 Å². The van der Waals surface area contributed by atoms with E-state index in [2.05, 4.69) is 30.4 Å². The Bertz CT molecular complexity index is 459. The van der Waals surface area contributed by atoms with Gasteiger partial charge in [-0.05, 0) is 43.1 Å². The van der Waals surface area contributed by atoms with Crippen molar-refractivity contribution in [3.05, 3.63) is 29.3 Å². The molecule has 19 heavy (non-hydrogen) atoms. The van der Waals surface area contributed by atoms with Gasteiger partial charge in [-0.3, -0.25) is 4.79 Å². The van der Waals surface area contributed by atoms with Gasteiger partial charge in [0, 0.05) is 25.2 Å². The van der Waals surface area contributed by atoms with E-state index < -0.39 is 0 Å². The zero-order valence-electron chi connectivity index (χ0n) is 11.8. The summed E-state index contributed by atoms with van der Waals surface area (Å²) in [5.41, 5.74) is 9.28. The maximum absolute atomic E-state index is 12.1. The Labute approximate surface area is 115 Å². The zero-order valence-corrected chi connectivity index (χ0v) is 11.8. The third-order valence-corrected chi connectivity index (χ3v) is 3.62. The van der Waals surface area contributed by atoms with Crippen LogP contribution in [0.1, 0.15) is 24.5 Å². The predicted molar refractivity (Wildman–Crippen MR) is 78.1 cm³/mol. The fraction of sp³-hybridized carbons (Fsp3) is 0.533. The fourth-order valence-electron chi connectivity index (χ4n) is 2.51. The van der Waals surface area contributed by atoms with Gasteiger partial charge in [0.2, 0.25) is 5.91 Å². The molecule has 4 nitrogen and oxygen atoms in total. The van der Waals surface area contributed by atoms with Crippen LogP contribution in [-0.4, -0.2) is 26.0 Å². The van der Waals surface area contributed by atoms with Crippen LogP contribution in [-0.2, 0) is 17.8 Å². The molecule has 4 heteroatoms. The number of fused-ring (bicyclic) bond motifs is 1. The smallest absolute Gasteiger partial charge is 0.227 e. The number of carbonyl (C=O) groups is 1. The minimum atomic E-state index is 0.217. The summed E-state index contributed by atoms with van der Waals surface area (Å²) in [7, 11) is 1.94. The highest BCUT2D eigenvalue weighted by Gasteiger charge is 2.25. The van der Waals surface area contributed by atoms with Crippen molar-refractivity contribution in [3.63, 3.8) is 0 Å². The molecule has 0 spiro atoms. The normalized spacial score (nSPS) is 16.4. The summed E-state index contributed by atoms with van der Waals surface area (Å²) in [5, 5.41) is 3.16. The molecule has 1 aromatic rings. The van der Waals surface area contributed by atoms with Crippen molar-refractivity contribution in [1.29, 1.82) is 0 Å². The molecule has 0 bridgehead atoms. The Kier molecular flexibility index (Phi) is 4.56. The van der Waals surface area contributed by atoms with Gasteiger partial charge in [0.1, 0.15) is 0 Å². The molecule has 3 N–H and O–H groups in total. The van der Waals surface area contributed by atoms with Crippen LogP contribution in [0.15, 0.2) is 18.2 Å². The van der Waals surface area contributed by atoms with Gasteiger partial charge in [0.15, 0.2) is 0 Å². The second kappa shape index (κ2) is 6.17. The zero-order chi connectivity index (χ0) is 13.8. The summed E-state index contributed by atoms with van der Waals surface area (Å²) in [5.74, 6) is 0.543. The van der Waals surface area contributed by atoms with E-state index in [1.54, 1.807) is 0 Å². The van der Waals surface area contributed by atoms with Crippen molar-refractivity contribution in [3.8, 4) is 0 Å². The minimum absolute atomic E-state index is 0.217. The van der Waals surface area contributed by atoms with Crippen LogP contribution < -0.4 is 16.0 Å². The Morgan fingerprint density at radius 2 is 2.21 bits per heavy atom. The fourth-order valence-corrected chi connectivity index (χ4v) is 2.51. The summed E-state index contributed by atoms with van der Waals surface area (Å²) < 4.78 is 0. The molecule has 0 saturated carbocycles. The van der Waals surface area contributed by atoms with Crippen molar-refractivity contribution >= 4 is 11.6 Å². The number of rotatable bonds is 5. The van der Waals surface area contributed by atoms with E-state index in [9.17, 15) is 4.79 Å². The van der Waals surface area contributed by atoms with Gasteiger partial charge in [-0.1, -0.05) is 19.1 Å². The molecule has 1 atom stereocenters. The highest BCUT2D eigenvalue weighted by Crippen LogP contribution is 2.29. The molecule has 0 fully saturated rings. The van der Waals surface area contributed by atoms with Gasteiger partial charge < -0.3 is 16.0 Å². The van der Waals surface area contributed by atoms with Crippen LogP contribution in [0.2, 0.25) is 0 Å². The van der Waals surface area contributed by atoms with Crippen LogP contribution in [0, 0.1) is 5.92 Å². The van der Waals surface area contributed by atoms with Crippen LogP contribution in [0.3, 0.4) is 0 Å². The lowest BCUT2D eigenvalue weighted by molar-refractivity contribution is -0.119. The van der Waals surface area contributed by atoms with Crippen LogP contribution >= 0.6 is 0 Å². The summed E-state index contributed by atoms with van der Waals surface area (Å²) >= 11 is 0. The molecule has 0 saturated heterocycles. The van der Waals surface area contributed by atoms with Gasteiger partial charge in [0.05, 0.1) is 0 Å². The second-order valence-corrected chi connectivity index (χ2v) is 5.34. The van der Waals surface area contributed by atoms with Crippen molar-refractivity contribution in [2.24, 2.45) is 11.7 Å². The van der Waals surface area contributed by atoms with Gasteiger partial charge in [0.25, 0.3) is 0 Å². The molecule has 1 amide bonds. The standard InChI is InChI=1S/C15H23N3O/c1-11(8-16)10-18-14-5-3-12(9-17-2)7-13(14)4-6-15(18)19/h3,5,7,11,17H,4,6,8-10,16H2,1-2H3. The molecule has 1 unspecified atom stereocenters. The number of nitrogens with one attached hydrogen (secondary N) is 1. The van der Waals surface area contributed by atoms with Gasteiger partial charge >= 0.3 is 0 Å². The number of nitrogens with zero attached hydrogens (tertiary/aromatic N) is 1. The van der Waals surface area contributed by atoms with Crippen LogP contribution in [0.25, 0.3) is 0 Å². The van der Waals surface area contributed by atoms with Crippen molar-refractivity contribution in [2.45, 2.75) is 26.3 Å². The highest BCUT2D eigenvalue weighted by atomic mass is 16.2. The Morgan fingerprint density at radius 1 is 1.42 bits per heavy atom. The Balaban J connectivity index is 2.26. The van der Waals surface area contributed by atoms with Gasteiger partial charge in [-0.2, -0.15) is 0 Å². The lowest BCUT2D eigenvalue weighted by atomic mass is 9.97. The summed E-state index contributed by atoms with van der Waals surface area (Å²) in [6.07, 6.45) is 1.45. The number of nitrogens with two attached hydrogens (primary N) is 1. The van der Waals surface area contributed by atoms with Gasteiger partial charge in [-0.15, -0.1) is 0 Å². The van der Waals surface area contributed by atoms with E-state index in [0.29, 0.717) is 25.4 Å². The quantitative estimate of drug-likeness (QED) is 0.839. The Morgan fingerprint density at radius 3 is 2.89 bits per heavy atom. The molecule has 104 valence electrons. The molecule has 1 aliphatic rings. The first kappa shape index (κ1) is 14.0. The van der Waals surface area contributed by atoms with Crippen molar-refractivity contribution < 1.29 is 4.79 Å². The molecule has 1 heterocycles. The highest BCUT2D eigenvalue weighted by molar-refractivity contribution is 5.96. The number of hydrogen-bond acceptors (Lipinski definition) is 3. The lowest BCUT2D eigenvalue weighted by Crippen LogP contribution is -2.39. The molecular formula is C15H23N3O. The second-order valence-electron chi connectivity index (χ2n) is 5.34. The third-order valence-electron chi connectivity index (χ3n) is 3.62. The first-order chi connectivity index (χ1) is 9.15. The number of amides is 1. The number of carbonyl (C=O) groups excluding carboxylic acids is 1. The average molecular weight is 261 g/mol. The molecule has 1 aromatic carbocycles. The first-order valence-electron chi connectivity index (χ1n) is 6.92. The minimum Gasteiger partial charge on any atom is -0.330 e. The average Bonchev–Trinajstić information content (AvgIpc) is 2.42. The molecule has 2 rings (SSSR count). The van der Waals surface area contributed by atoms with E-state index >= 15 is 0 Å². The number of anilines is 1. The lowest BCUT2D eigenvalue weighted by Gasteiger charge is -2.31. The van der Waals surface area contributed by atoms with Crippen LogP contribution in [0.4, 0.5) is 5.69 Å². The maximum Gasteiger partial charge on any atom is 0.227 e. The predicted octanol–water partition coefficient (Wildman–Crippen LogP) is 1.28. The molecule has 1 aliphatic heterocycles. The van der Waals surface area contributed by atoms with E-state index in [1.165, 1.54) is 11.1 Å². The summed E-state index contributed by atoms with van der Waals surface area (Å²) in [6.45, 7) is 4.27. The summed E-state index contributed by atoms with van der Waals surface area (Å²) in [4.78, 5) is 14.0. The van der Waals surface area contributed by atoms with Crippen LogP contribution in [0.5, 0.6) is 0 Å². The van der Waals surface area contributed by atoms with E-state index in [4.69, 9.17) is 5.73 Å². The number of aryl methyl sites for hydroxylation is 1. The molecule has 0 radical (unpaired) electrons. The molecule has 0 aliphatic carbocycles. The SMILES string of the molecule is CNCc1ccc2c(c1)CCC(=O)N2CC(C)CN. The maximum atomic E-state index is 12.1. The van der Waals surface area contributed by atoms with Crippen molar-refractivity contribution in [1.82, 2.24) is 5.32 Å². The largest absolute Gasteiger partial charge is 0.330 e. The third kappa shape index (κ3) is 3.14. The topological polar surface area (TPSA) is 58.4 Å². The summed E-state index contributed by atoms with van der Waals surface area (Å²) in [6, 6.07) is 6.37. The van der Waals surface area contributed by atoms with Gasteiger partial charge in [-0.25, -0.2) is 0 Å². The molecule has 0 aromatic heterocycles. The van der Waals surface area contributed by atoms with E-state index in [0.717, 1.165) is 18.7 Å². The molecular weight excluding hydrogens is 238 g/mol. The van der Waals surface area contributed by atoms with Crippen molar-refractivity contribution in [2.75, 3.05) is 25.0 Å². The monoisotopic (exact) mass is 261 g/mol. The first-order valence-corrected chi connectivity index (χ1v) is 6.92. The Hall–Kier alpha value is -1.39.